The number of hydrogen-bond acceptors (Lipinski definition) is 7. The fourth-order valence-corrected chi connectivity index (χ4v) is 4.39. The zero-order chi connectivity index (χ0) is 27.0. The summed E-state index contributed by atoms with van der Waals surface area (Å²) in [5.41, 5.74) is 0.898. The van der Waals surface area contributed by atoms with Crippen LogP contribution in [0.1, 0.15) is 26.3 Å². The van der Waals surface area contributed by atoms with Gasteiger partial charge in [0.2, 0.25) is 21.8 Å². The number of benzene rings is 2. The lowest BCUT2D eigenvalue weighted by Gasteiger charge is -2.32. The van der Waals surface area contributed by atoms with Crippen molar-refractivity contribution in [2.24, 2.45) is 0 Å². The van der Waals surface area contributed by atoms with Crippen LogP contribution in [0.3, 0.4) is 0 Å². The average Bonchev–Trinajstić information content (AvgIpc) is 2.83. The van der Waals surface area contributed by atoms with Crippen LogP contribution in [0.25, 0.3) is 0 Å². The molecule has 198 valence electrons. The molecule has 2 rings (SSSR count). The number of methoxy groups -OCH3 is 3. The van der Waals surface area contributed by atoms with Crippen LogP contribution >= 0.6 is 0 Å². The Morgan fingerprint density at radius 2 is 1.58 bits per heavy atom. The molecule has 1 N–H and O–H groups in total. The summed E-state index contributed by atoms with van der Waals surface area (Å²) in [5, 5.41) is 2.81. The third-order valence-electron chi connectivity index (χ3n) is 5.42. The van der Waals surface area contributed by atoms with Gasteiger partial charge >= 0.3 is 0 Å². The van der Waals surface area contributed by atoms with E-state index in [4.69, 9.17) is 14.2 Å². The molecular weight excluding hydrogens is 486 g/mol. The van der Waals surface area contributed by atoms with Crippen molar-refractivity contribution in [1.82, 2.24) is 10.2 Å². The van der Waals surface area contributed by atoms with Gasteiger partial charge in [-0.3, -0.25) is 13.9 Å². The number of amides is 2. The Balaban J connectivity index is 2.47. The topological polar surface area (TPSA) is 114 Å². The Hall–Kier alpha value is -3.47. The molecule has 0 heterocycles. The number of sulfonamides is 1. The number of anilines is 1. The van der Waals surface area contributed by atoms with E-state index >= 15 is 0 Å². The molecule has 11 heteroatoms. The van der Waals surface area contributed by atoms with E-state index in [1.807, 2.05) is 13.8 Å². The molecule has 0 aliphatic rings. The van der Waals surface area contributed by atoms with Gasteiger partial charge in [-0.05, 0) is 50.6 Å². The summed E-state index contributed by atoms with van der Waals surface area (Å²) in [4.78, 5) is 27.8. The van der Waals surface area contributed by atoms with Crippen molar-refractivity contribution in [2.75, 3.05) is 38.4 Å². The number of carbonyl (C=O) groups is 2. The highest BCUT2D eigenvalue weighted by molar-refractivity contribution is 7.92. The van der Waals surface area contributed by atoms with Crippen molar-refractivity contribution in [1.29, 1.82) is 0 Å². The normalized spacial score (nSPS) is 12.0. The van der Waals surface area contributed by atoms with E-state index in [-0.39, 0.29) is 29.9 Å². The molecule has 1 atom stereocenters. The van der Waals surface area contributed by atoms with Crippen LogP contribution < -0.4 is 23.8 Å². The van der Waals surface area contributed by atoms with Gasteiger partial charge in [0.1, 0.15) is 29.8 Å². The van der Waals surface area contributed by atoms with E-state index in [1.54, 1.807) is 37.3 Å². The van der Waals surface area contributed by atoms with Gasteiger partial charge < -0.3 is 24.4 Å². The van der Waals surface area contributed by atoms with Crippen molar-refractivity contribution < 1.29 is 32.2 Å². The first-order chi connectivity index (χ1) is 16.9. The highest BCUT2D eigenvalue weighted by atomic mass is 32.2. The van der Waals surface area contributed by atoms with Crippen LogP contribution in [0.15, 0.2) is 42.5 Å². The Kier molecular flexibility index (Phi) is 9.97. The van der Waals surface area contributed by atoms with E-state index in [0.717, 1.165) is 16.1 Å². The predicted octanol–water partition coefficient (Wildman–Crippen LogP) is 2.42. The van der Waals surface area contributed by atoms with Gasteiger partial charge in [-0.25, -0.2) is 8.42 Å². The molecule has 2 aromatic rings. The average molecular weight is 522 g/mol. The fourth-order valence-electron chi connectivity index (χ4n) is 3.54. The molecule has 0 aromatic heterocycles. The van der Waals surface area contributed by atoms with Crippen molar-refractivity contribution in [3.8, 4) is 17.2 Å². The Labute approximate surface area is 213 Å². The molecule has 0 aliphatic heterocycles. The third kappa shape index (κ3) is 7.51. The Bertz CT molecular complexity index is 1170. The van der Waals surface area contributed by atoms with Gasteiger partial charge in [-0.1, -0.05) is 12.1 Å². The first-order valence-corrected chi connectivity index (χ1v) is 13.2. The van der Waals surface area contributed by atoms with Gasteiger partial charge in [0, 0.05) is 18.7 Å². The maximum atomic E-state index is 13.6. The molecule has 0 bridgehead atoms. The summed E-state index contributed by atoms with van der Waals surface area (Å²) in [6.07, 6.45) is 1.01. The zero-order valence-corrected chi connectivity index (χ0v) is 22.6. The van der Waals surface area contributed by atoms with Gasteiger partial charge in [-0.2, -0.15) is 0 Å². The summed E-state index contributed by atoms with van der Waals surface area (Å²) in [6, 6.07) is 10.7. The summed E-state index contributed by atoms with van der Waals surface area (Å²) in [6.45, 7) is 4.78. The maximum absolute atomic E-state index is 13.6. The van der Waals surface area contributed by atoms with Crippen molar-refractivity contribution in [2.45, 2.75) is 39.4 Å². The second kappa shape index (κ2) is 12.5. The van der Waals surface area contributed by atoms with Gasteiger partial charge in [0.15, 0.2) is 0 Å². The van der Waals surface area contributed by atoms with Crippen LogP contribution in [0.2, 0.25) is 0 Å². The molecule has 10 nitrogen and oxygen atoms in total. The lowest BCUT2D eigenvalue weighted by atomic mass is 10.1. The smallest absolute Gasteiger partial charge is 0.244 e. The minimum absolute atomic E-state index is 0.0695. The SMILES string of the molecule is COc1cccc(CN(C(=O)CN(c2ccc(OC)cc2OC)S(C)(=O)=O)C(C)C(=O)NC(C)C)c1. The minimum atomic E-state index is -3.90. The number of nitrogens with zero attached hydrogens (tertiary/aromatic N) is 2. The van der Waals surface area contributed by atoms with E-state index in [0.29, 0.717) is 11.5 Å². The second-order valence-electron chi connectivity index (χ2n) is 8.52. The Morgan fingerprint density at radius 1 is 0.944 bits per heavy atom. The first kappa shape index (κ1) is 28.8. The summed E-state index contributed by atoms with van der Waals surface area (Å²) in [7, 11) is 0.507. The number of hydrogen-bond donors (Lipinski definition) is 1. The fraction of sp³-hybridized carbons (Fsp3) is 0.440. The highest BCUT2D eigenvalue weighted by Gasteiger charge is 2.31. The van der Waals surface area contributed by atoms with Crippen LogP contribution in [0, 0.1) is 0 Å². The number of rotatable bonds is 12. The molecule has 2 amide bonds. The molecule has 0 radical (unpaired) electrons. The van der Waals surface area contributed by atoms with Crippen LogP contribution in [0.5, 0.6) is 17.2 Å². The zero-order valence-electron chi connectivity index (χ0n) is 21.8. The molecule has 0 saturated carbocycles. The standard InChI is InChI=1S/C25H35N3O7S/c1-17(2)26-25(30)18(3)27(15-19-9-8-10-20(13-19)33-4)24(29)16-28(36(7,31)32)22-12-11-21(34-5)14-23(22)35-6/h8-14,17-18H,15-16H2,1-7H3,(H,26,30). The molecule has 0 spiro atoms. The molecule has 36 heavy (non-hydrogen) atoms. The van der Waals surface area contributed by atoms with E-state index in [9.17, 15) is 18.0 Å². The predicted molar refractivity (Wildman–Crippen MR) is 138 cm³/mol. The van der Waals surface area contributed by atoms with Crippen LogP contribution in [0.4, 0.5) is 5.69 Å². The Morgan fingerprint density at radius 3 is 2.14 bits per heavy atom. The quantitative estimate of drug-likeness (QED) is 0.456. The van der Waals surface area contributed by atoms with E-state index in [1.165, 1.54) is 38.4 Å². The summed E-state index contributed by atoms with van der Waals surface area (Å²) in [5.74, 6) is 0.369. The highest BCUT2D eigenvalue weighted by Crippen LogP contribution is 2.33. The van der Waals surface area contributed by atoms with Crippen LogP contribution in [-0.2, 0) is 26.2 Å². The molecule has 0 fully saturated rings. The molecule has 0 aliphatic carbocycles. The third-order valence-corrected chi connectivity index (χ3v) is 6.55. The van der Waals surface area contributed by atoms with E-state index < -0.39 is 28.5 Å². The lowest BCUT2D eigenvalue weighted by molar-refractivity contribution is -0.139. The lowest BCUT2D eigenvalue weighted by Crippen LogP contribution is -2.52. The van der Waals surface area contributed by atoms with Crippen molar-refractivity contribution >= 4 is 27.5 Å². The number of carbonyl (C=O) groups excluding carboxylic acids is 2. The first-order valence-electron chi connectivity index (χ1n) is 11.3. The molecule has 1 unspecified atom stereocenters. The molecule has 0 saturated heterocycles. The van der Waals surface area contributed by atoms with Crippen molar-refractivity contribution in [3.63, 3.8) is 0 Å². The van der Waals surface area contributed by atoms with Crippen LogP contribution in [-0.4, -0.2) is 71.3 Å². The summed E-state index contributed by atoms with van der Waals surface area (Å²) < 4.78 is 42.3. The second-order valence-corrected chi connectivity index (χ2v) is 10.4. The van der Waals surface area contributed by atoms with Gasteiger partial charge in [0.05, 0.1) is 33.3 Å². The summed E-state index contributed by atoms with van der Waals surface area (Å²) >= 11 is 0. The van der Waals surface area contributed by atoms with Gasteiger partial charge in [0.25, 0.3) is 0 Å². The number of nitrogens with one attached hydrogen (secondary N) is 1. The monoisotopic (exact) mass is 521 g/mol. The number of ether oxygens (including phenoxy) is 3. The molecule has 2 aromatic carbocycles. The maximum Gasteiger partial charge on any atom is 0.244 e. The minimum Gasteiger partial charge on any atom is -0.497 e. The van der Waals surface area contributed by atoms with Crippen molar-refractivity contribution in [3.05, 3.63) is 48.0 Å². The largest absolute Gasteiger partial charge is 0.497 e. The van der Waals surface area contributed by atoms with E-state index in [2.05, 4.69) is 5.32 Å². The van der Waals surface area contributed by atoms with Gasteiger partial charge in [-0.15, -0.1) is 0 Å². The molecular formula is C25H35N3O7S.